The second-order valence-electron chi connectivity index (χ2n) is 6.53. The molecule has 1 atom stereocenters. The van der Waals surface area contributed by atoms with Gasteiger partial charge < -0.3 is 14.7 Å². The van der Waals surface area contributed by atoms with Gasteiger partial charge >= 0.3 is 5.97 Å². The Morgan fingerprint density at radius 1 is 1.46 bits per heavy atom. The van der Waals surface area contributed by atoms with Crippen molar-refractivity contribution < 1.29 is 23.8 Å². The summed E-state index contributed by atoms with van der Waals surface area (Å²) in [5.41, 5.74) is 0.792. The molecule has 1 aromatic carbocycles. The van der Waals surface area contributed by atoms with Gasteiger partial charge in [-0.1, -0.05) is 0 Å². The third kappa shape index (κ3) is 4.03. The summed E-state index contributed by atoms with van der Waals surface area (Å²) < 4.78 is 20.1. The Hall–Kier alpha value is -2.03. The molecule has 1 unspecified atom stereocenters. The van der Waals surface area contributed by atoms with E-state index in [1.165, 1.54) is 23.5 Å². The van der Waals surface area contributed by atoms with Gasteiger partial charge in [-0.2, -0.15) is 0 Å². The second-order valence-corrected chi connectivity index (χ2v) is 7.58. The molecule has 1 aromatic heterocycles. The predicted octanol–water partition coefficient (Wildman–Crippen LogP) is 2.21. The maximum Gasteiger partial charge on any atom is 0.317 e. The molecular formula is C18H21FN2O4S. The van der Waals surface area contributed by atoms with Gasteiger partial charge in [-0.25, -0.2) is 4.39 Å². The number of carbonyl (C=O) groups is 2. The van der Waals surface area contributed by atoms with Gasteiger partial charge in [0.05, 0.1) is 24.1 Å². The number of aliphatic carboxylic acids is 1. The van der Waals surface area contributed by atoms with E-state index in [0.717, 1.165) is 15.6 Å². The molecule has 26 heavy (non-hydrogen) atoms. The van der Waals surface area contributed by atoms with Crippen molar-refractivity contribution in [2.75, 3.05) is 39.8 Å². The minimum atomic E-state index is -0.899. The van der Waals surface area contributed by atoms with Crippen LogP contribution in [0.4, 0.5) is 4.39 Å². The topological polar surface area (TPSA) is 70.1 Å². The lowest BCUT2D eigenvalue weighted by atomic mass is 10.1. The highest BCUT2D eigenvalue weighted by atomic mass is 32.1. The lowest BCUT2D eigenvalue weighted by molar-refractivity contribution is -0.138. The van der Waals surface area contributed by atoms with E-state index in [9.17, 15) is 14.0 Å². The SMILES string of the molecule is Cc1c(C(=O)N2CCOC(CN(C)CC(=O)O)C2)sc2ccc(F)cc12. The van der Waals surface area contributed by atoms with Gasteiger partial charge in [-0.3, -0.25) is 14.5 Å². The number of ether oxygens (including phenoxy) is 1. The first-order valence-corrected chi connectivity index (χ1v) is 9.16. The number of carboxylic acid groups (broad SMARTS) is 1. The number of halogens is 1. The first-order chi connectivity index (χ1) is 12.3. The molecule has 0 aliphatic carbocycles. The number of carbonyl (C=O) groups excluding carboxylic acids is 1. The number of rotatable bonds is 5. The summed E-state index contributed by atoms with van der Waals surface area (Å²) >= 11 is 1.37. The van der Waals surface area contributed by atoms with Crippen molar-refractivity contribution in [3.05, 3.63) is 34.5 Å². The van der Waals surface area contributed by atoms with Crippen molar-refractivity contribution in [3.8, 4) is 0 Å². The Kier molecular flexibility index (Phi) is 5.55. The molecule has 0 bridgehead atoms. The van der Waals surface area contributed by atoms with E-state index in [4.69, 9.17) is 9.84 Å². The third-order valence-corrected chi connectivity index (χ3v) is 5.70. The van der Waals surface area contributed by atoms with Crippen molar-refractivity contribution >= 4 is 33.3 Å². The Labute approximate surface area is 154 Å². The molecule has 1 amide bonds. The van der Waals surface area contributed by atoms with E-state index in [-0.39, 0.29) is 24.4 Å². The zero-order valence-electron chi connectivity index (χ0n) is 14.7. The fraction of sp³-hybridized carbons (Fsp3) is 0.444. The zero-order valence-corrected chi connectivity index (χ0v) is 15.5. The number of amides is 1. The Morgan fingerprint density at radius 3 is 2.96 bits per heavy atom. The van der Waals surface area contributed by atoms with Crippen LogP contribution < -0.4 is 0 Å². The predicted molar refractivity (Wildman–Crippen MR) is 97.3 cm³/mol. The lowest BCUT2D eigenvalue weighted by Crippen LogP contribution is -2.49. The van der Waals surface area contributed by atoms with Crippen molar-refractivity contribution in [2.45, 2.75) is 13.0 Å². The number of hydrogen-bond donors (Lipinski definition) is 1. The lowest BCUT2D eigenvalue weighted by Gasteiger charge is -2.34. The highest BCUT2D eigenvalue weighted by Crippen LogP contribution is 2.32. The van der Waals surface area contributed by atoms with Gasteiger partial charge in [0.25, 0.3) is 5.91 Å². The monoisotopic (exact) mass is 380 g/mol. The quantitative estimate of drug-likeness (QED) is 0.861. The van der Waals surface area contributed by atoms with Gasteiger partial charge in [0, 0.05) is 24.3 Å². The molecule has 0 saturated carbocycles. The normalized spacial score (nSPS) is 17.8. The summed E-state index contributed by atoms with van der Waals surface area (Å²) in [6, 6.07) is 4.55. The van der Waals surface area contributed by atoms with Crippen LogP contribution in [0, 0.1) is 12.7 Å². The molecule has 0 spiro atoms. The summed E-state index contributed by atoms with van der Waals surface area (Å²) in [6.07, 6.45) is -0.232. The van der Waals surface area contributed by atoms with Crippen LogP contribution in [0.15, 0.2) is 18.2 Å². The molecule has 1 saturated heterocycles. The van der Waals surface area contributed by atoms with Crippen LogP contribution >= 0.6 is 11.3 Å². The van der Waals surface area contributed by atoms with E-state index in [1.54, 1.807) is 22.9 Å². The molecule has 1 aliphatic rings. The van der Waals surface area contributed by atoms with Gasteiger partial charge in [0.15, 0.2) is 0 Å². The van der Waals surface area contributed by atoms with Crippen LogP contribution in [0.2, 0.25) is 0 Å². The number of thiophene rings is 1. The Bertz CT molecular complexity index is 838. The fourth-order valence-corrected chi connectivity index (χ4v) is 4.36. The van der Waals surface area contributed by atoms with E-state index in [0.29, 0.717) is 31.1 Å². The number of carboxylic acids is 1. The number of aryl methyl sites for hydroxylation is 1. The van der Waals surface area contributed by atoms with Gasteiger partial charge in [0.1, 0.15) is 5.82 Å². The molecule has 6 nitrogen and oxygen atoms in total. The number of benzene rings is 1. The molecule has 1 N–H and O–H groups in total. The molecule has 3 rings (SSSR count). The van der Waals surface area contributed by atoms with Crippen LogP contribution in [-0.4, -0.2) is 72.7 Å². The Balaban J connectivity index is 1.73. The maximum absolute atomic E-state index is 13.5. The first-order valence-electron chi connectivity index (χ1n) is 8.35. The average molecular weight is 380 g/mol. The zero-order chi connectivity index (χ0) is 18.8. The largest absolute Gasteiger partial charge is 0.480 e. The summed E-state index contributed by atoms with van der Waals surface area (Å²) in [5, 5.41) is 9.62. The van der Waals surface area contributed by atoms with Crippen molar-refractivity contribution in [1.29, 1.82) is 0 Å². The summed E-state index contributed by atoms with van der Waals surface area (Å²) in [5.74, 6) is -1.30. The van der Waals surface area contributed by atoms with Gasteiger partial charge in [-0.05, 0) is 43.1 Å². The summed E-state index contributed by atoms with van der Waals surface area (Å²) in [7, 11) is 1.71. The molecule has 1 aliphatic heterocycles. The molecular weight excluding hydrogens is 359 g/mol. The van der Waals surface area contributed by atoms with E-state index < -0.39 is 5.97 Å². The third-order valence-electron chi connectivity index (χ3n) is 4.44. The van der Waals surface area contributed by atoms with Crippen LogP contribution in [0.1, 0.15) is 15.2 Å². The van der Waals surface area contributed by atoms with Crippen LogP contribution in [0.25, 0.3) is 10.1 Å². The fourth-order valence-electron chi connectivity index (χ4n) is 3.20. The van der Waals surface area contributed by atoms with E-state index >= 15 is 0 Å². The van der Waals surface area contributed by atoms with Crippen molar-refractivity contribution in [1.82, 2.24) is 9.80 Å². The summed E-state index contributed by atoms with van der Waals surface area (Å²) in [6.45, 7) is 3.51. The van der Waals surface area contributed by atoms with Gasteiger partial charge in [-0.15, -0.1) is 11.3 Å². The van der Waals surface area contributed by atoms with E-state index in [1.807, 2.05) is 6.92 Å². The summed E-state index contributed by atoms with van der Waals surface area (Å²) in [4.78, 5) is 27.8. The Morgan fingerprint density at radius 2 is 2.23 bits per heavy atom. The van der Waals surface area contributed by atoms with Crippen LogP contribution in [0.5, 0.6) is 0 Å². The van der Waals surface area contributed by atoms with Crippen LogP contribution in [-0.2, 0) is 9.53 Å². The van der Waals surface area contributed by atoms with Crippen LogP contribution in [0.3, 0.4) is 0 Å². The standard InChI is InChI=1S/C18H21FN2O4S/c1-11-14-7-12(19)3-4-15(14)26-17(11)18(24)21-5-6-25-13(9-21)8-20(2)10-16(22)23/h3-4,7,13H,5-6,8-10H2,1-2H3,(H,22,23). The van der Waals surface area contributed by atoms with Crippen molar-refractivity contribution in [2.24, 2.45) is 0 Å². The minimum absolute atomic E-state index is 0.0746. The highest BCUT2D eigenvalue weighted by molar-refractivity contribution is 7.21. The molecule has 0 radical (unpaired) electrons. The van der Waals surface area contributed by atoms with Gasteiger partial charge in [0.2, 0.25) is 0 Å². The van der Waals surface area contributed by atoms with E-state index in [2.05, 4.69) is 0 Å². The number of hydrogen-bond acceptors (Lipinski definition) is 5. The number of fused-ring (bicyclic) bond motifs is 1. The highest BCUT2D eigenvalue weighted by Gasteiger charge is 2.28. The second kappa shape index (κ2) is 7.69. The molecule has 1 fully saturated rings. The minimum Gasteiger partial charge on any atom is -0.480 e. The molecule has 8 heteroatoms. The number of morpholine rings is 1. The van der Waals surface area contributed by atoms with Crippen molar-refractivity contribution in [3.63, 3.8) is 0 Å². The molecule has 140 valence electrons. The maximum atomic E-state index is 13.5. The number of likely N-dealkylation sites (N-methyl/N-ethyl adjacent to an activating group) is 1. The molecule has 2 heterocycles. The molecule has 2 aromatic rings. The average Bonchev–Trinajstić information content (AvgIpc) is 2.90. The smallest absolute Gasteiger partial charge is 0.317 e. The first kappa shape index (κ1) is 18.8. The number of nitrogens with zero attached hydrogens (tertiary/aromatic N) is 2.